The van der Waals surface area contributed by atoms with Crippen molar-refractivity contribution >= 4 is 0 Å². The fourth-order valence-electron chi connectivity index (χ4n) is 1.90. The molecule has 18 heavy (non-hydrogen) atoms. The Kier molecular flexibility index (Phi) is 5.46. The van der Waals surface area contributed by atoms with E-state index < -0.39 is 0 Å². The van der Waals surface area contributed by atoms with Gasteiger partial charge in [-0.2, -0.15) is 0 Å². The van der Waals surface area contributed by atoms with E-state index in [0.29, 0.717) is 0 Å². The van der Waals surface area contributed by atoms with Crippen molar-refractivity contribution in [2.24, 2.45) is 0 Å². The number of nitrogens with one attached hydrogen (secondary N) is 1. The molecule has 100 valence electrons. The molecule has 1 aliphatic rings. The maximum absolute atomic E-state index is 5.64. The SMILES string of the molecule is Cc1ccc(OCCCCCCNC2CC2)cn1. The molecular weight excluding hydrogens is 224 g/mol. The Bertz CT molecular complexity index is 333. The quantitative estimate of drug-likeness (QED) is 0.682. The highest BCUT2D eigenvalue weighted by Gasteiger charge is 2.19. The number of pyridine rings is 1. The molecule has 3 nitrogen and oxygen atoms in total. The molecule has 1 heterocycles. The number of aromatic nitrogens is 1. The van der Waals surface area contributed by atoms with Crippen molar-refractivity contribution in [1.82, 2.24) is 10.3 Å². The minimum absolute atomic E-state index is 0.806. The number of ether oxygens (including phenoxy) is 1. The Balaban J connectivity index is 1.42. The fraction of sp³-hybridized carbons (Fsp3) is 0.667. The van der Waals surface area contributed by atoms with Crippen LogP contribution in [0.25, 0.3) is 0 Å². The van der Waals surface area contributed by atoms with Crippen molar-refractivity contribution < 1.29 is 4.74 Å². The van der Waals surface area contributed by atoms with Crippen LogP contribution in [0.1, 0.15) is 44.2 Å². The van der Waals surface area contributed by atoms with Gasteiger partial charge in [-0.3, -0.25) is 4.98 Å². The first kappa shape index (κ1) is 13.3. The summed E-state index contributed by atoms with van der Waals surface area (Å²) in [5.41, 5.74) is 1.03. The van der Waals surface area contributed by atoms with Crippen molar-refractivity contribution in [2.75, 3.05) is 13.2 Å². The first-order valence-electron chi connectivity index (χ1n) is 7.13. The molecule has 0 bridgehead atoms. The van der Waals surface area contributed by atoms with Gasteiger partial charge in [0.1, 0.15) is 5.75 Å². The number of nitrogens with zero attached hydrogens (tertiary/aromatic N) is 1. The number of rotatable bonds is 9. The summed E-state index contributed by atoms with van der Waals surface area (Å²) in [4.78, 5) is 4.21. The lowest BCUT2D eigenvalue weighted by atomic mass is 10.2. The van der Waals surface area contributed by atoms with Gasteiger partial charge in [-0.25, -0.2) is 0 Å². The van der Waals surface area contributed by atoms with E-state index in [2.05, 4.69) is 10.3 Å². The van der Waals surface area contributed by atoms with Crippen LogP contribution < -0.4 is 10.1 Å². The van der Waals surface area contributed by atoms with E-state index in [1.165, 1.54) is 38.6 Å². The predicted octanol–water partition coefficient (Wildman–Crippen LogP) is 3.08. The minimum atomic E-state index is 0.806. The van der Waals surface area contributed by atoms with Crippen LogP contribution in [0.2, 0.25) is 0 Å². The van der Waals surface area contributed by atoms with Crippen molar-refractivity contribution in [2.45, 2.75) is 51.5 Å². The van der Waals surface area contributed by atoms with Gasteiger partial charge in [0.2, 0.25) is 0 Å². The molecule has 0 atom stereocenters. The number of hydrogen-bond acceptors (Lipinski definition) is 3. The minimum Gasteiger partial charge on any atom is -0.492 e. The van der Waals surface area contributed by atoms with Crippen molar-refractivity contribution in [3.8, 4) is 5.75 Å². The van der Waals surface area contributed by atoms with Crippen molar-refractivity contribution in [3.63, 3.8) is 0 Å². The Hall–Kier alpha value is -1.09. The zero-order valence-electron chi connectivity index (χ0n) is 11.3. The zero-order valence-corrected chi connectivity index (χ0v) is 11.3. The normalized spacial score (nSPS) is 14.7. The van der Waals surface area contributed by atoms with E-state index in [-0.39, 0.29) is 0 Å². The molecule has 1 fully saturated rings. The molecule has 0 spiro atoms. The van der Waals surface area contributed by atoms with Crippen LogP contribution in [0.15, 0.2) is 18.3 Å². The van der Waals surface area contributed by atoms with Gasteiger partial charge >= 0.3 is 0 Å². The Morgan fingerprint density at radius 1 is 1.22 bits per heavy atom. The molecule has 2 rings (SSSR count). The molecule has 1 aliphatic carbocycles. The van der Waals surface area contributed by atoms with Crippen molar-refractivity contribution in [3.05, 3.63) is 24.0 Å². The van der Waals surface area contributed by atoms with Gasteiger partial charge in [-0.15, -0.1) is 0 Å². The van der Waals surface area contributed by atoms with E-state index in [0.717, 1.165) is 30.5 Å². The summed E-state index contributed by atoms with van der Waals surface area (Å²) in [6.45, 7) is 3.98. The third-order valence-electron chi connectivity index (χ3n) is 3.23. The van der Waals surface area contributed by atoms with E-state index in [1.807, 2.05) is 19.1 Å². The maximum atomic E-state index is 5.64. The highest BCUT2D eigenvalue weighted by molar-refractivity contribution is 5.18. The lowest BCUT2D eigenvalue weighted by molar-refractivity contribution is 0.303. The van der Waals surface area contributed by atoms with Crippen LogP contribution in [0.3, 0.4) is 0 Å². The maximum Gasteiger partial charge on any atom is 0.137 e. The van der Waals surface area contributed by atoms with Crippen LogP contribution in [-0.4, -0.2) is 24.2 Å². The standard InChI is InChI=1S/C15H24N2O/c1-13-6-9-15(12-17-13)18-11-5-3-2-4-10-16-14-7-8-14/h6,9,12,14,16H,2-5,7-8,10-11H2,1H3. The lowest BCUT2D eigenvalue weighted by Crippen LogP contribution is -2.17. The smallest absolute Gasteiger partial charge is 0.137 e. The zero-order chi connectivity index (χ0) is 12.6. The molecule has 1 aromatic rings. The largest absolute Gasteiger partial charge is 0.492 e. The van der Waals surface area contributed by atoms with Crippen LogP contribution in [0, 0.1) is 6.92 Å². The van der Waals surface area contributed by atoms with E-state index in [4.69, 9.17) is 4.74 Å². The molecule has 0 aromatic carbocycles. The van der Waals surface area contributed by atoms with Crippen LogP contribution in [0.4, 0.5) is 0 Å². The second-order valence-electron chi connectivity index (χ2n) is 5.13. The van der Waals surface area contributed by atoms with Crippen molar-refractivity contribution in [1.29, 1.82) is 0 Å². The number of hydrogen-bond donors (Lipinski definition) is 1. The Morgan fingerprint density at radius 2 is 2.06 bits per heavy atom. The van der Waals surface area contributed by atoms with Gasteiger partial charge in [-0.1, -0.05) is 12.8 Å². The van der Waals surface area contributed by atoms with Gasteiger partial charge in [0.25, 0.3) is 0 Å². The predicted molar refractivity (Wildman–Crippen MR) is 74.0 cm³/mol. The highest BCUT2D eigenvalue weighted by atomic mass is 16.5. The average Bonchev–Trinajstić information content (AvgIpc) is 3.19. The summed E-state index contributed by atoms with van der Waals surface area (Å²) in [5.74, 6) is 0.885. The van der Waals surface area contributed by atoms with Crippen LogP contribution >= 0.6 is 0 Å². The van der Waals surface area contributed by atoms with Crippen LogP contribution in [-0.2, 0) is 0 Å². The topological polar surface area (TPSA) is 34.1 Å². The Morgan fingerprint density at radius 3 is 2.78 bits per heavy atom. The fourth-order valence-corrected chi connectivity index (χ4v) is 1.90. The molecule has 0 amide bonds. The third-order valence-corrected chi connectivity index (χ3v) is 3.23. The second kappa shape index (κ2) is 7.37. The number of aryl methyl sites for hydroxylation is 1. The molecule has 1 N–H and O–H groups in total. The van der Waals surface area contributed by atoms with Crippen LogP contribution in [0.5, 0.6) is 5.75 Å². The van der Waals surface area contributed by atoms with E-state index in [9.17, 15) is 0 Å². The molecule has 0 radical (unpaired) electrons. The highest BCUT2D eigenvalue weighted by Crippen LogP contribution is 2.18. The molecular formula is C15H24N2O. The first-order valence-corrected chi connectivity index (χ1v) is 7.13. The second-order valence-corrected chi connectivity index (χ2v) is 5.13. The summed E-state index contributed by atoms with van der Waals surface area (Å²) in [6, 6.07) is 4.82. The van der Waals surface area contributed by atoms with Gasteiger partial charge in [0.15, 0.2) is 0 Å². The van der Waals surface area contributed by atoms with E-state index in [1.54, 1.807) is 6.20 Å². The molecule has 3 heteroatoms. The van der Waals surface area contributed by atoms with Gasteiger partial charge in [0, 0.05) is 11.7 Å². The summed E-state index contributed by atoms with van der Waals surface area (Å²) in [6.07, 6.45) is 9.56. The average molecular weight is 248 g/mol. The first-order chi connectivity index (χ1) is 8.84. The summed E-state index contributed by atoms with van der Waals surface area (Å²) in [5, 5.41) is 3.54. The molecule has 1 aromatic heterocycles. The number of unbranched alkanes of at least 4 members (excludes halogenated alkanes) is 3. The van der Waals surface area contributed by atoms with E-state index >= 15 is 0 Å². The summed E-state index contributed by atoms with van der Waals surface area (Å²) < 4.78 is 5.64. The molecule has 1 saturated carbocycles. The monoisotopic (exact) mass is 248 g/mol. The van der Waals surface area contributed by atoms with Gasteiger partial charge in [-0.05, 0) is 51.3 Å². The lowest BCUT2D eigenvalue weighted by Gasteiger charge is -2.06. The molecule has 0 aliphatic heterocycles. The van der Waals surface area contributed by atoms with Gasteiger partial charge < -0.3 is 10.1 Å². The summed E-state index contributed by atoms with van der Waals surface area (Å²) in [7, 11) is 0. The Labute approximate surface area is 110 Å². The molecule has 0 saturated heterocycles. The third kappa shape index (κ3) is 5.50. The molecule has 0 unspecified atom stereocenters. The van der Waals surface area contributed by atoms with Gasteiger partial charge in [0.05, 0.1) is 12.8 Å². The summed E-state index contributed by atoms with van der Waals surface area (Å²) >= 11 is 0.